The predicted molar refractivity (Wildman–Crippen MR) is 68.1 cm³/mol. The molecule has 3 N–H and O–H groups in total. The number of hydrogen-bond donors (Lipinski definition) is 2. The quantitative estimate of drug-likeness (QED) is 0.823. The highest BCUT2D eigenvalue weighted by Gasteiger charge is 2.25. The summed E-state index contributed by atoms with van der Waals surface area (Å²) in [6.07, 6.45) is 0. The maximum atomic E-state index is 11.2. The number of ether oxygens (including phenoxy) is 2. The molecule has 0 saturated carbocycles. The zero-order chi connectivity index (χ0) is 13.7. The average molecular weight is 274 g/mol. The molecule has 100 valence electrons. The summed E-state index contributed by atoms with van der Waals surface area (Å²) in [6, 6.07) is 3.23. The summed E-state index contributed by atoms with van der Waals surface area (Å²) in [4.78, 5) is 11.2. The van der Waals surface area contributed by atoms with Crippen LogP contribution < -0.4 is 10.5 Å². The van der Waals surface area contributed by atoms with Crippen molar-refractivity contribution in [2.24, 2.45) is 5.73 Å². The first-order chi connectivity index (χ1) is 8.54. The molecule has 0 aliphatic heterocycles. The average Bonchev–Trinajstić information content (AvgIpc) is 2.32. The van der Waals surface area contributed by atoms with E-state index in [4.69, 9.17) is 26.8 Å². The molecule has 0 fully saturated rings. The Morgan fingerprint density at radius 1 is 1.50 bits per heavy atom. The van der Waals surface area contributed by atoms with E-state index in [2.05, 4.69) is 0 Å². The summed E-state index contributed by atoms with van der Waals surface area (Å²) in [6.45, 7) is 0.222. The van der Waals surface area contributed by atoms with Gasteiger partial charge in [-0.25, -0.2) is 0 Å². The Kier molecular flexibility index (Phi) is 5.40. The standard InChI is InChI=1S/C12H16ClNO4/c1-17-6-7-3-8(13)4-10(18-2)11(7)9(5-14)12(15)16/h3-4,9H,5-6,14H2,1-2H3,(H,15,16). The SMILES string of the molecule is COCc1cc(Cl)cc(OC)c1C(CN)C(=O)O. The number of halogens is 1. The Morgan fingerprint density at radius 2 is 2.17 bits per heavy atom. The van der Waals surface area contributed by atoms with Crippen LogP contribution in [0, 0.1) is 0 Å². The third-order valence-electron chi connectivity index (χ3n) is 2.59. The fourth-order valence-electron chi connectivity index (χ4n) is 1.83. The number of hydrogen-bond acceptors (Lipinski definition) is 4. The van der Waals surface area contributed by atoms with Gasteiger partial charge in [-0.3, -0.25) is 4.79 Å². The van der Waals surface area contributed by atoms with Crippen molar-refractivity contribution in [1.82, 2.24) is 0 Å². The molecule has 0 aromatic heterocycles. The molecule has 0 radical (unpaired) electrons. The Labute approximate surface area is 110 Å². The van der Waals surface area contributed by atoms with Gasteiger partial charge in [0.05, 0.1) is 19.6 Å². The highest BCUT2D eigenvalue weighted by molar-refractivity contribution is 6.30. The van der Waals surface area contributed by atoms with Gasteiger partial charge < -0.3 is 20.3 Å². The Balaban J connectivity index is 3.40. The summed E-state index contributed by atoms with van der Waals surface area (Å²) in [7, 11) is 2.98. The van der Waals surface area contributed by atoms with Crippen LogP contribution in [0.5, 0.6) is 5.75 Å². The molecule has 0 bridgehead atoms. The molecule has 1 rings (SSSR count). The summed E-state index contributed by atoms with van der Waals surface area (Å²) < 4.78 is 10.2. The molecule has 1 aromatic carbocycles. The topological polar surface area (TPSA) is 81.8 Å². The van der Waals surface area contributed by atoms with Crippen LogP contribution in [0.3, 0.4) is 0 Å². The minimum atomic E-state index is -1.00. The lowest BCUT2D eigenvalue weighted by molar-refractivity contribution is -0.138. The number of aliphatic carboxylic acids is 1. The van der Waals surface area contributed by atoms with Gasteiger partial charge in [0.1, 0.15) is 5.75 Å². The van der Waals surface area contributed by atoms with Crippen molar-refractivity contribution in [1.29, 1.82) is 0 Å². The lowest BCUT2D eigenvalue weighted by Crippen LogP contribution is -2.23. The Morgan fingerprint density at radius 3 is 2.61 bits per heavy atom. The number of carboxylic acid groups (broad SMARTS) is 1. The van der Waals surface area contributed by atoms with Crippen LogP contribution in [-0.2, 0) is 16.1 Å². The van der Waals surface area contributed by atoms with Gasteiger partial charge >= 0.3 is 5.97 Å². The number of carboxylic acids is 1. The molecular weight excluding hydrogens is 258 g/mol. The van der Waals surface area contributed by atoms with E-state index in [1.807, 2.05) is 0 Å². The third-order valence-corrected chi connectivity index (χ3v) is 2.81. The molecule has 0 aliphatic rings. The summed E-state index contributed by atoms with van der Waals surface area (Å²) >= 11 is 5.95. The lowest BCUT2D eigenvalue weighted by atomic mass is 9.93. The number of benzene rings is 1. The van der Waals surface area contributed by atoms with Crippen LogP contribution in [-0.4, -0.2) is 31.8 Å². The minimum Gasteiger partial charge on any atom is -0.496 e. The summed E-state index contributed by atoms with van der Waals surface area (Å²) in [5.74, 6) is -1.44. The first-order valence-electron chi connectivity index (χ1n) is 5.33. The Bertz CT molecular complexity index is 436. The smallest absolute Gasteiger partial charge is 0.312 e. The fraction of sp³-hybridized carbons (Fsp3) is 0.417. The highest BCUT2D eigenvalue weighted by atomic mass is 35.5. The van der Waals surface area contributed by atoms with E-state index in [0.29, 0.717) is 21.9 Å². The molecule has 0 heterocycles. The van der Waals surface area contributed by atoms with E-state index in [-0.39, 0.29) is 13.2 Å². The van der Waals surface area contributed by atoms with Crippen LogP contribution in [0.15, 0.2) is 12.1 Å². The molecule has 0 aliphatic carbocycles. The predicted octanol–water partition coefficient (Wildman–Crippen LogP) is 1.62. The monoisotopic (exact) mass is 273 g/mol. The van der Waals surface area contributed by atoms with E-state index < -0.39 is 11.9 Å². The van der Waals surface area contributed by atoms with Crippen molar-refractivity contribution in [3.05, 3.63) is 28.3 Å². The second kappa shape index (κ2) is 6.58. The summed E-state index contributed by atoms with van der Waals surface area (Å²) in [5, 5.41) is 9.66. The second-order valence-corrected chi connectivity index (χ2v) is 4.18. The van der Waals surface area contributed by atoms with Gasteiger partial charge in [-0.1, -0.05) is 11.6 Å². The van der Waals surface area contributed by atoms with Crippen LogP contribution in [0.4, 0.5) is 0 Å². The van der Waals surface area contributed by atoms with Crippen LogP contribution in [0.2, 0.25) is 5.02 Å². The van der Waals surface area contributed by atoms with E-state index in [0.717, 1.165) is 0 Å². The first-order valence-corrected chi connectivity index (χ1v) is 5.71. The van der Waals surface area contributed by atoms with Gasteiger partial charge in [0.15, 0.2) is 0 Å². The van der Waals surface area contributed by atoms with Crippen molar-refractivity contribution >= 4 is 17.6 Å². The third kappa shape index (κ3) is 3.13. The van der Waals surface area contributed by atoms with Crippen molar-refractivity contribution in [3.8, 4) is 5.75 Å². The van der Waals surface area contributed by atoms with Crippen molar-refractivity contribution in [2.45, 2.75) is 12.5 Å². The lowest BCUT2D eigenvalue weighted by Gasteiger charge is -2.19. The molecule has 0 saturated heterocycles. The number of nitrogens with two attached hydrogens (primary N) is 1. The minimum absolute atomic E-state index is 0.0238. The summed E-state index contributed by atoms with van der Waals surface area (Å²) in [5.41, 5.74) is 6.70. The second-order valence-electron chi connectivity index (χ2n) is 3.74. The molecule has 1 unspecified atom stereocenters. The molecule has 18 heavy (non-hydrogen) atoms. The van der Waals surface area contributed by atoms with E-state index >= 15 is 0 Å². The van der Waals surface area contributed by atoms with Crippen molar-refractivity contribution < 1.29 is 19.4 Å². The molecular formula is C12H16ClNO4. The van der Waals surface area contributed by atoms with E-state index in [1.54, 1.807) is 12.1 Å². The normalized spacial score (nSPS) is 12.2. The Hall–Kier alpha value is -1.30. The number of rotatable bonds is 6. The van der Waals surface area contributed by atoms with E-state index in [9.17, 15) is 9.90 Å². The van der Waals surface area contributed by atoms with Crippen LogP contribution in [0.25, 0.3) is 0 Å². The highest BCUT2D eigenvalue weighted by Crippen LogP contribution is 2.33. The zero-order valence-corrected chi connectivity index (χ0v) is 11.0. The van der Waals surface area contributed by atoms with Gasteiger partial charge in [-0.05, 0) is 17.7 Å². The van der Waals surface area contributed by atoms with Crippen molar-refractivity contribution in [3.63, 3.8) is 0 Å². The number of carbonyl (C=O) groups is 1. The molecule has 5 nitrogen and oxygen atoms in total. The van der Waals surface area contributed by atoms with Crippen LogP contribution >= 0.6 is 11.6 Å². The maximum absolute atomic E-state index is 11.2. The first kappa shape index (κ1) is 14.8. The van der Waals surface area contributed by atoms with Crippen molar-refractivity contribution in [2.75, 3.05) is 20.8 Å². The fourth-order valence-corrected chi connectivity index (χ4v) is 2.06. The zero-order valence-electron chi connectivity index (χ0n) is 10.3. The van der Waals surface area contributed by atoms with Gasteiger partial charge in [-0.2, -0.15) is 0 Å². The molecule has 0 amide bonds. The number of methoxy groups -OCH3 is 2. The van der Waals surface area contributed by atoms with Gasteiger partial charge in [0.25, 0.3) is 0 Å². The van der Waals surface area contributed by atoms with Gasteiger partial charge in [0, 0.05) is 24.2 Å². The van der Waals surface area contributed by atoms with Gasteiger partial charge in [-0.15, -0.1) is 0 Å². The largest absolute Gasteiger partial charge is 0.496 e. The molecule has 0 spiro atoms. The molecule has 6 heteroatoms. The van der Waals surface area contributed by atoms with E-state index in [1.165, 1.54) is 14.2 Å². The van der Waals surface area contributed by atoms with Crippen LogP contribution in [0.1, 0.15) is 17.0 Å². The van der Waals surface area contributed by atoms with Gasteiger partial charge in [0.2, 0.25) is 0 Å². The molecule has 1 aromatic rings. The maximum Gasteiger partial charge on any atom is 0.312 e. The molecule has 1 atom stereocenters.